The van der Waals surface area contributed by atoms with Gasteiger partial charge in [0.05, 0.1) is 13.2 Å². The Morgan fingerprint density at radius 1 is 1.28 bits per heavy atom. The van der Waals surface area contributed by atoms with E-state index < -0.39 is 23.5 Å². The highest BCUT2D eigenvalue weighted by Gasteiger charge is 2.36. The Morgan fingerprint density at radius 3 is 2.60 bits per heavy atom. The zero-order valence-corrected chi connectivity index (χ0v) is 14.6. The Balaban J connectivity index is 2.28. The molecular weight excluding hydrogens is 324 g/mol. The van der Waals surface area contributed by atoms with Crippen LogP contribution in [-0.4, -0.2) is 30.7 Å². The van der Waals surface area contributed by atoms with E-state index in [0.29, 0.717) is 17.1 Å². The Morgan fingerprint density at radius 2 is 2.00 bits per heavy atom. The molecule has 132 valence electrons. The Labute approximate surface area is 146 Å². The molecule has 25 heavy (non-hydrogen) atoms. The van der Waals surface area contributed by atoms with Gasteiger partial charge in [-0.25, -0.2) is 0 Å². The molecule has 0 spiro atoms. The third kappa shape index (κ3) is 4.35. The lowest BCUT2D eigenvalue weighted by molar-refractivity contribution is -0.151. The van der Waals surface area contributed by atoms with E-state index >= 15 is 0 Å². The van der Waals surface area contributed by atoms with Gasteiger partial charge in [0.25, 0.3) is 0 Å². The lowest BCUT2D eigenvalue weighted by Crippen LogP contribution is -2.34. The van der Waals surface area contributed by atoms with Crippen molar-refractivity contribution >= 4 is 23.6 Å². The molecule has 1 aromatic carbocycles. The predicted octanol–water partition coefficient (Wildman–Crippen LogP) is 2.71. The summed E-state index contributed by atoms with van der Waals surface area (Å²) in [7, 11) is 1.52. The minimum absolute atomic E-state index is 0.0952. The van der Waals surface area contributed by atoms with Crippen LogP contribution in [0.25, 0.3) is 6.08 Å². The summed E-state index contributed by atoms with van der Waals surface area (Å²) < 4.78 is 15.9. The maximum absolute atomic E-state index is 12.3. The Kier molecular flexibility index (Phi) is 5.75. The molecule has 0 unspecified atom stereocenters. The van der Waals surface area contributed by atoms with Crippen LogP contribution in [-0.2, 0) is 19.1 Å². The van der Waals surface area contributed by atoms with E-state index in [1.807, 2.05) is 13.8 Å². The van der Waals surface area contributed by atoms with Crippen molar-refractivity contribution in [2.24, 2.45) is 5.92 Å². The van der Waals surface area contributed by atoms with Crippen molar-refractivity contribution in [2.45, 2.75) is 26.9 Å². The third-order valence-electron chi connectivity index (χ3n) is 3.42. The topological polar surface area (TPSA) is 78.9 Å². The molecule has 0 amide bonds. The van der Waals surface area contributed by atoms with Crippen LogP contribution in [0.1, 0.15) is 26.3 Å². The highest BCUT2D eigenvalue weighted by molar-refractivity contribution is 6.25. The van der Waals surface area contributed by atoms with E-state index in [4.69, 9.17) is 14.2 Å². The summed E-state index contributed by atoms with van der Waals surface area (Å²) in [5.41, 5.74) is 0.602. The molecule has 1 atom stereocenters. The number of allylic oxidation sites excluding steroid dienone is 3. The molecule has 0 bridgehead atoms. The van der Waals surface area contributed by atoms with Gasteiger partial charge in [0.2, 0.25) is 0 Å². The van der Waals surface area contributed by atoms with Gasteiger partial charge < -0.3 is 14.2 Å². The van der Waals surface area contributed by atoms with Gasteiger partial charge in [-0.05, 0) is 39.0 Å². The second kappa shape index (κ2) is 7.79. The molecule has 0 aromatic heterocycles. The van der Waals surface area contributed by atoms with Gasteiger partial charge in [0.15, 0.2) is 29.0 Å². The number of benzene rings is 1. The SMILES string of the molecule is COc1cccc(/C=C\C(=O)[C@@H]2C(=O)C=C(C)OC2=O)c1OC(C)C. The normalized spacial score (nSPS) is 17.5. The number of hydrogen-bond acceptors (Lipinski definition) is 6. The van der Waals surface area contributed by atoms with E-state index in [1.165, 1.54) is 26.2 Å². The summed E-state index contributed by atoms with van der Waals surface area (Å²) in [5.74, 6) is -2.34. The number of esters is 1. The minimum atomic E-state index is -1.46. The third-order valence-corrected chi connectivity index (χ3v) is 3.42. The van der Waals surface area contributed by atoms with Crippen LogP contribution in [0.2, 0.25) is 0 Å². The quantitative estimate of drug-likeness (QED) is 0.448. The van der Waals surface area contributed by atoms with Gasteiger partial charge in [-0.1, -0.05) is 12.1 Å². The molecule has 0 saturated carbocycles. The monoisotopic (exact) mass is 344 g/mol. The number of ether oxygens (including phenoxy) is 3. The Hall–Kier alpha value is -2.89. The summed E-state index contributed by atoms with van der Waals surface area (Å²) in [6.07, 6.45) is 3.73. The van der Waals surface area contributed by atoms with Gasteiger partial charge in [0.1, 0.15) is 5.76 Å². The predicted molar refractivity (Wildman–Crippen MR) is 91.1 cm³/mol. The van der Waals surface area contributed by atoms with Gasteiger partial charge in [0, 0.05) is 11.6 Å². The average Bonchev–Trinajstić information content (AvgIpc) is 2.52. The molecule has 1 heterocycles. The second-order valence-corrected chi connectivity index (χ2v) is 5.79. The van der Waals surface area contributed by atoms with Crippen molar-refractivity contribution in [3.8, 4) is 11.5 Å². The van der Waals surface area contributed by atoms with Gasteiger partial charge in [-0.3, -0.25) is 14.4 Å². The molecule has 6 nitrogen and oxygen atoms in total. The molecular formula is C19H20O6. The molecule has 0 N–H and O–H groups in total. The van der Waals surface area contributed by atoms with Crippen LogP contribution in [0.5, 0.6) is 11.5 Å². The van der Waals surface area contributed by atoms with E-state index in [-0.39, 0.29) is 11.9 Å². The molecule has 0 radical (unpaired) electrons. The summed E-state index contributed by atoms with van der Waals surface area (Å²) in [5, 5.41) is 0. The fourth-order valence-electron chi connectivity index (χ4n) is 2.36. The van der Waals surface area contributed by atoms with Crippen molar-refractivity contribution in [1.29, 1.82) is 0 Å². The molecule has 2 rings (SSSR count). The molecule has 1 aromatic rings. The lowest BCUT2D eigenvalue weighted by atomic mass is 9.96. The highest BCUT2D eigenvalue weighted by Crippen LogP contribution is 2.33. The van der Waals surface area contributed by atoms with E-state index in [2.05, 4.69) is 0 Å². The Bertz CT molecular complexity index is 757. The van der Waals surface area contributed by atoms with Crippen LogP contribution >= 0.6 is 0 Å². The number of carbonyl (C=O) groups is 3. The van der Waals surface area contributed by atoms with Crippen LogP contribution in [0.3, 0.4) is 0 Å². The van der Waals surface area contributed by atoms with Crippen molar-refractivity contribution < 1.29 is 28.6 Å². The average molecular weight is 344 g/mol. The van der Waals surface area contributed by atoms with Gasteiger partial charge in [-0.15, -0.1) is 0 Å². The molecule has 1 aliphatic rings. The van der Waals surface area contributed by atoms with Crippen LogP contribution in [0.15, 0.2) is 36.1 Å². The molecule has 0 aliphatic carbocycles. The number of ketones is 2. The first-order chi connectivity index (χ1) is 11.8. The molecule has 6 heteroatoms. The fourth-order valence-corrected chi connectivity index (χ4v) is 2.36. The summed E-state index contributed by atoms with van der Waals surface area (Å²) in [6, 6.07) is 5.24. The zero-order valence-electron chi connectivity index (χ0n) is 14.6. The molecule has 1 aliphatic heterocycles. The summed E-state index contributed by atoms with van der Waals surface area (Å²) in [4.78, 5) is 36.0. The minimum Gasteiger partial charge on any atom is -0.493 e. The van der Waals surface area contributed by atoms with Gasteiger partial charge >= 0.3 is 5.97 Å². The summed E-state index contributed by atoms with van der Waals surface area (Å²) in [6.45, 7) is 5.23. The largest absolute Gasteiger partial charge is 0.493 e. The lowest BCUT2D eigenvalue weighted by Gasteiger charge is -2.17. The van der Waals surface area contributed by atoms with E-state index in [0.717, 1.165) is 6.08 Å². The first kappa shape index (κ1) is 18.4. The zero-order chi connectivity index (χ0) is 18.6. The van der Waals surface area contributed by atoms with Crippen LogP contribution in [0.4, 0.5) is 0 Å². The maximum Gasteiger partial charge on any atom is 0.329 e. The van der Waals surface area contributed by atoms with Crippen LogP contribution < -0.4 is 9.47 Å². The van der Waals surface area contributed by atoms with Crippen molar-refractivity contribution in [3.05, 3.63) is 41.7 Å². The van der Waals surface area contributed by atoms with E-state index in [1.54, 1.807) is 18.2 Å². The number of para-hydroxylation sites is 1. The standard InChI is InChI=1S/C19H20O6/c1-11(2)24-18-13(6-5-7-16(18)23-4)8-9-14(20)17-15(21)10-12(3)25-19(17)22/h5-11,17H,1-4H3/b9-8-/t17-/m1/s1. The van der Waals surface area contributed by atoms with Crippen LogP contribution in [0, 0.1) is 5.92 Å². The first-order valence-corrected chi connectivity index (χ1v) is 7.83. The van der Waals surface area contributed by atoms with Crippen molar-refractivity contribution in [3.63, 3.8) is 0 Å². The van der Waals surface area contributed by atoms with Gasteiger partial charge in [-0.2, -0.15) is 0 Å². The number of rotatable bonds is 6. The molecule has 0 fully saturated rings. The van der Waals surface area contributed by atoms with Crippen molar-refractivity contribution in [2.75, 3.05) is 7.11 Å². The van der Waals surface area contributed by atoms with Crippen molar-refractivity contribution in [1.82, 2.24) is 0 Å². The first-order valence-electron chi connectivity index (χ1n) is 7.83. The number of hydrogen-bond donors (Lipinski definition) is 0. The number of methoxy groups -OCH3 is 1. The van der Waals surface area contributed by atoms with E-state index in [9.17, 15) is 14.4 Å². The number of carbonyl (C=O) groups excluding carboxylic acids is 3. The smallest absolute Gasteiger partial charge is 0.329 e. The maximum atomic E-state index is 12.3. The second-order valence-electron chi connectivity index (χ2n) is 5.79. The fraction of sp³-hybridized carbons (Fsp3) is 0.316. The summed E-state index contributed by atoms with van der Waals surface area (Å²) >= 11 is 0. The number of cyclic esters (lactones) is 1. The molecule has 0 saturated heterocycles. The highest BCUT2D eigenvalue weighted by atomic mass is 16.5.